The Morgan fingerprint density at radius 3 is 0.773 bits per heavy atom. The molecule has 0 saturated carbocycles. The number of amides is 4. The fourth-order valence-corrected chi connectivity index (χ4v) is 13.4. The van der Waals surface area contributed by atoms with Gasteiger partial charge in [-0.25, -0.2) is 44.3 Å². The number of anilines is 8. The van der Waals surface area contributed by atoms with E-state index in [0.29, 0.717) is 78.4 Å². The number of aliphatic hydroxyl groups excluding tert-OH is 4. The first kappa shape index (κ1) is 90.1. The number of nitrogens with zero attached hydrogens (tertiary/aromatic N) is 8. The van der Waals surface area contributed by atoms with Crippen molar-refractivity contribution in [2.75, 3.05) is 44.2 Å². The van der Waals surface area contributed by atoms with E-state index in [1.54, 1.807) is 164 Å². The Bertz CT molecular complexity index is 5640. The summed E-state index contributed by atoms with van der Waals surface area (Å²) in [6.07, 6.45) is 2.33. The lowest BCUT2D eigenvalue weighted by molar-refractivity contribution is -0.116. The monoisotopic (exact) mass is 1790 g/mol. The molecule has 0 fully saturated rings. The second kappa shape index (κ2) is 43.6. The first-order valence-corrected chi connectivity index (χ1v) is 41.2. The number of nitrogens with two attached hydrogens (primary N) is 4. The maximum absolute atomic E-state index is 13.1. The van der Waals surface area contributed by atoms with Crippen molar-refractivity contribution in [3.63, 3.8) is 0 Å². The molecule has 12 aromatic carbocycles. The van der Waals surface area contributed by atoms with Crippen LogP contribution in [0.25, 0.3) is 45.0 Å². The van der Waals surface area contributed by atoms with E-state index in [1.807, 2.05) is 146 Å². The highest BCUT2D eigenvalue weighted by Crippen LogP contribution is 2.35. The number of halogens is 3. The average molecular weight is 1790 g/mol. The van der Waals surface area contributed by atoms with Crippen LogP contribution in [0.2, 0.25) is 5.02 Å². The van der Waals surface area contributed by atoms with Crippen molar-refractivity contribution in [3.05, 3.63) is 423 Å². The molecule has 0 aliphatic rings. The number of aromatic nitrogens is 8. The topological polar surface area (TPSA) is 425 Å². The SMILES string of the molecule is Nc1ccc(-c2cnc(NC(=O)Cc3ccc(Br)cc3)c(C(O)c3ccccc3)n2)cc1.Nc1ccc(-c2cnc(NC(=O)Cc3ccc(Cl)cc3)c(C(O)c3ccccc3)n2)cc1.Nc1ccc(-c2cnc(NC(=O)Cc3ccc(F)cc3)c(C(O)c3ccccc3)n2)cc1.Nc1ccc(-c2cnc(NC(=O)Cc3ccc(O)cc3)c(C(O)c3ccccc3)n2)cc1. The lowest BCUT2D eigenvalue weighted by atomic mass is 10.1. The third-order valence-electron chi connectivity index (χ3n) is 19.7. The average Bonchev–Trinajstić information content (AvgIpc) is 0.815. The molecule has 0 bridgehead atoms. The van der Waals surface area contributed by atoms with Crippen LogP contribution in [0.1, 0.15) is 91.7 Å². The number of nitrogens with one attached hydrogen (secondary N) is 4. The summed E-state index contributed by atoms with van der Waals surface area (Å²) in [6.45, 7) is 0. The summed E-state index contributed by atoms with van der Waals surface area (Å²) >= 11 is 9.30. The van der Waals surface area contributed by atoms with Crippen LogP contribution in [-0.4, -0.2) is 89.0 Å². The summed E-state index contributed by atoms with van der Waals surface area (Å²) in [4.78, 5) is 86.7. The predicted octanol–water partition coefficient (Wildman–Crippen LogP) is 17.2. The van der Waals surface area contributed by atoms with Crippen molar-refractivity contribution in [2.45, 2.75) is 50.1 Å². The van der Waals surface area contributed by atoms with Crippen LogP contribution in [0.4, 0.5) is 50.4 Å². The van der Waals surface area contributed by atoms with Crippen molar-refractivity contribution in [3.8, 4) is 50.8 Å². The molecule has 0 spiro atoms. The number of benzene rings is 12. The molecule has 16 aromatic rings. The van der Waals surface area contributed by atoms with Gasteiger partial charge >= 0.3 is 0 Å². The Balaban J connectivity index is 0.000000146. The van der Waals surface area contributed by atoms with Crippen LogP contribution in [0.15, 0.2) is 345 Å². The van der Waals surface area contributed by atoms with Crippen LogP contribution in [0, 0.1) is 5.82 Å². The van der Waals surface area contributed by atoms with Gasteiger partial charge in [-0.15, -0.1) is 0 Å². The van der Waals surface area contributed by atoms with Crippen molar-refractivity contribution in [1.82, 2.24) is 39.9 Å². The first-order chi connectivity index (χ1) is 62.0. The van der Waals surface area contributed by atoms with Crippen molar-refractivity contribution >= 4 is 97.2 Å². The lowest BCUT2D eigenvalue weighted by Crippen LogP contribution is -2.19. The number of aliphatic hydroxyl groups is 4. The second-order valence-electron chi connectivity index (χ2n) is 29.1. The number of phenolic OH excluding ortho intramolecular Hbond substituents is 1. The molecule has 640 valence electrons. The van der Waals surface area contributed by atoms with Crippen molar-refractivity contribution in [1.29, 1.82) is 0 Å². The van der Waals surface area contributed by atoms with E-state index < -0.39 is 24.4 Å². The molecule has 4 heterocycles. The molecule has 17 N–H and O–H groups in total. The Labute approximate surface area is 749 Å². The molecule has 4 unspecified atom stereocenters. The summed E-state index contributed by atoms with van der Waals surface area (Å²) in [5.41, 5.74) is 37.6. The van der Waals surface area contributed by atoms with Crippen LogP contribution < -0.4 is 44.2 Å². The highest BCUT2D eigenvalue weighted by atomic mass is 79.9. The Morgan fingerprint density at radius 2 is 0.531 bits per heavy atom. The van der Waals surface area contributed by atoms with E-state index in [0.717, 1.165) is 43.4 Å². The third kappa shape index (κ3) is 25.3. The van der Waals surface area contributed by atoms with Gasteiger partial charge in [0.15, 0.2) is 23.3 Å². The van der Waals surface area contributed by atoms with E-state index >= 15 is 0 Å². The molecule has 0 aliphatic carbocycles. The number of hydrogen-bond acceptors (Lipinski definition) is 21. The number of aromatic hydroxyl groups is 1. The molecular formula is C100H85BrClFN16O9. The first-order valence-electron chi connectivity index (χ1n) is 40.0. The molecule has 4 amide bonds. The van der Waals surface area contributed by atoms with E-state index in [9.17, 15) is 49.1 Å². The maximum Gasteiger partial charge on any atom is 0.229 e. The number of carbonyl (C=O) groups is 4. The number of nitrogen functional groups attached to an aromatic ring is 4. The normalized spacial score (nSPS) is 11.7. The predicted molar refractivity (Wildman–Crippen MR) is 499 cm³/mol. The highest BCUT2D eigenvalue weighted by Gasteiger charge is 2.27. The molecule has 128 heavy (non-hydrogen) atoms. The molecule has 0 saturated heterocycles. The summed E-state index contributed by atoms with van der Waals surface area (Å²) in [7, 11) is 0. The van der Waals surface area contributed by atoms with Crippen LogP contribution in [-0.2, 0) is 44.9 Å². The number of phenols is 1. The van der Waals surface area contributed by atoms with Crippen LogP contribution in [0.5, 0.6) is 5.75 Å². The zero-order valence-electron chi connectivity index (χ0n) is 68.4. The minimum atomic E-state index is -1.10. The van der Waals surface area contributed by atoms with Crippen LogP contribution in [0.3, 0.4) is 0 Å². The van der Waals surface area contributed by atoms with Gasteiger partial charge in [-0.1, -0.05) is 246 Å². The zero-order chi connectivity index (χ0) is 90.0. The molecule has 0 aliphatic heterocycles. The molecule has 4 atom stereocenters. The number of hydrogen-bond donors (Lipinski definition) is 13. The summed E-state index contributed by atoms with van der Waals surface area (Å²) < 4.78 is 14.1. The van der Waals surface area contributed by atoms with Gasteiger partial charge in [0.05, 0.1) is 73.2 Å². The number of rotatable bonds is 24. The zero-order valence-corrected chi connectivity index (χ0v) is 70.7. The van der Waals surface area contributed by atoms with Crippen molar-refractivity contribution < 1.29 is 49.1 Å². The van der Waals surface area contributed by atoms with Gasteiger partial charge < -0.3 is 69.7 Å². The van der Waals surface area contributed by atoms with Gasteiger partial charge in [0, 0.05) is 54.5 Å². The van der Waals surface area contributed by atoms with Gasteiger partial charge in [-0.05, 0) is 142 Å². The largest absolute Gasteiger partial charge is 0.508 e. The van der Waals surface area contributed by atoms with Gasteiger partial charge in [0.2, 0.25) is 23.6 Å². The third-order valence-corrected chi connectivity index (χ3v) is 20.5. The second-order valence-corrected chi connectivity index (χ2v) is 30.5. The molecule has 0 radical (unpaired) electrons. The molecular weight excluding hydrogens is 1700 g/mol. The molecule has 4 aromatic heterocycles. The molecule has 28 heteroatoms. The smallest absolute Gasteiger partial charge is 0.229 e. The molecule has 25 nitrogen and oxygen atoms in total. The quantitative estimate of drug-likeness (QED) is 0.0250. The summed E-state index contributed by atoms with van der Waals surface area (Å²) in [5.74, 6) is -0.650. The van der Waals surface area contributed by atoms with Gasteiger partial charge in [0.1, 0.15) is 58.8 Å². The highest BCUT2D eigenvalue weighted by molar-refractivity contribution is 9.10. The maximum atomic E-state index is 13.1. The standard InChI is InChI=1S/C25H21BrN4O2.C25H21ClN4O2.C25H21FN4O2.C25H22N4O3/c3*26-19-10-6-16(7-11-19)14-22(31)30-25-23(24(32)18-4-2-1-3-5-18)29-21(15-28-25)17-8-12-20(27)13-9-17;26-19-10-8-17(9-11-19)21-15-27-25(23(28-21)24(32)18-4-2-1-3-5-18)29-22(31)14-16-6-12-20(30)13-7-16/h3*1-13,15,24,32H,14,27H2,(H,28,30,31);1-13,15,24,30,32H,14,26H2,(H,27,29,31). The Kier molecular flexibility index (Phi) is 30.7. The van der Waals surface area contributed by atoms with Gasteiger partial charge in [0.25, 0.3) is 0 Å². The minimum absolute atomic E-state index is 0.0303. The van der Waals surface area contributed by atoms with Crippen molar-refractivity contribution in [2.24, 2.45) is 0 Å². The van der Waals surface area contributed by atoms with E-state index in [4.69, 9.17) is 34.5 Å². The minimum Gasteiger partial charge on any atom is -0.508 e. The lowest BCUT2D eigenvalue weighted by Gasteiger charge is -2.16. The fourth-order valence-electron chi connectivity index (χ4n) is 13.0. The Hall–Kier alpha value is -15.6. The van der Waals surface area contributed by atoms with E-state index in [-0.39, 0.29) is 107 Å². The number of carbonyl (C=O) groups excluding carboxylic acids is 4. The summed E-state index contributed by atoms with van der Waals surface area (Å²) in [6, 6.07) is 91.7. The molecule has 16 rings (SSSR count). The van der Waals surface area contributed by atoms with Crippen LogP contribution >= 0.6 is 27.5 Å². The van der Waals surface area contributed by atoms with E-state index in [2.05, 4.69) is 77.1 Å². The summed E-state index contributed by atoms with van der Waals surface area (Å²) in [5, 5.41) is 65.2. The van der Waals surface area contributed by atoms with Gasteiger partial charge in [-0.3, -0.25) is 19.2 Å². The van der Waals surface area contributed by atoms with Gasteiger partial charge in [-0.2, -0.15) is 0 Å². The van der Waals surface area contributed by atoms with E-state index in [1.165, 1.54) is 30.5 Å². The Morgan fingerprint density at radius 1 is 0.312 bits per heavy atom. The fraction of sp³-hybridized carbons (Fsp3) is 0.0800.